The first kappa shape index (κ1) is 23.1. The van der Waals surface area contributed by atoms with Crippen molar-refractivity contribution in [2.24, 2.45) is 21.7 Å². The molecule has 0 spiro atoms. The summed E-state index contributed by atoms with van der Waals surface area (Å²) in [6.45, 7) is 21.5. The van der Waals surface area contributed by atoms with E-state index in [9.17, 15) is 13.2 Å². The van der Waals surface area contributed by atoms with Crippen LogP contribution in [0.25, 0.3) is 0 Å². The molecule has 0 aliphatic heterocycles. The largest absolute Gasteiger partial charge is 0.250 e. The van der Waals surface area contributed by atoms with E-state index in [0.717, 1.165) is 6.92 Å². The third-order valence-electron chi connectivity index (χ3n) is 5.90. The predicted octanol–water partition coefficient (Wildman–Crippen LogP) is 7.13. The third-order valence-corrected chi connectivity index (χ3v) is 5.90. The molecule has 130 valence electrons. The molecule has 0 rings (SSSR count). The van der Waals surface area contributed by atoms with E-state index in [0.29, 0.717) is 0 Å². The van der Waals surface area contributed by atoms with E-state index in [1.165, 1.54) is 0 Å². The van der Waals surface area contributed by atoms with Crippen molar-refractivity contribution in [3.8, 4) is 0 Å². The zero-order valence-corrected chi connectivity index (χ0v) is 16.2. The van der Waals surface area contributed by atoms with Gasteiger partial charge in [0.2, 0.25) is 0 Å². The van der Waals surface area contributed by atoms with E-state index in [1.54, 1.807) is 20.8 Å². The van der Waals surface area contributed by atoms with Crippen LogP contribution in [-0.4, -0.2) is 12.1 Å². The summed E-state index contributed by atoms with van der Waals surface area (Å²) in [5.41, 5.74) is -1.51. The minimum absolute atomic E-state index is 0.0428. The van der Waals surface area contributed by atoms with Gasteiger partial charge in [0, 0.05) is 10.8 Å². The van der Waals surface area contributed by atoms with Crippen LogP contribution in [-0.2, 0) is 0 Å². The lowest BCUT2D eigenvalue weighted by atomic mass is 9.66. The Morgan fingerprint density at radius 3 is 0.905 bits per heavy atom. The molecule has 3 heteroatoms. The van der Waals surface area contributed by atoms with Crippen LogP contribution in [0.1, 0.15) is 83.1 Å². The van der Waals surface area contributed by atoms with Crippen molar-refractivity contribution in [3.05, 3.63) is 0 Å². The molecule has 0 aromatic heterocycles. The summed E-state index contributed by atoms with van der Waals surface area (Å²) in [5.74, 6) is -2.62. The van der Waals surface area contributed by atoms with Gasteiger partial charge in [0.05, 0.1) is 0 Å². The SMILES string of the molecule is CC(C)(C)C(C)(C)C(C)(F)F.CC(F)C(C)(C)C(C)(C)C. The second kappa shape index (κ2) is 6.50. The summed E-state index contributed by atoms with van der Waals surface area (Å²) in [7, 11) is 0. The fraction of sp³-hybridized carbons (Fsp3) is 1.00. The van der Waals surface area contributed by atoms with Crippen molar-refractivity contribution in [1.29, 1.82) is 0 Å². The standard InChI is InChI=1S/C9H18F2.C9H19F/c1-7(2,3)8(4,5)9(6,10)11;1-7(10)9(5,6)8(2,3)4/h1-6H3;7H,1-6H3. The summed E-state index contributed by atoms with van der Waals surface area (Å²) in [6.07, 6.45) is -0.743. The van der Waals surface area contributed by atoms with Crippen molar-refractivity contribution >= 4 is 0 Å². The van der Waals surface area contributed by atoms with Gasteiger partial charge in [-0.2, -0.15) is 0 Å². The average Bonchev–Trinajstić information content (AvgIpc) is 2.12. The quantitative estimate of drug-likeness (QED) is 0.509. The number of hydrogen-bond donors (Lipinski definition) is 0. The average molecular weight is 310 g/mol. The van der Waals surface area contributed by atoms with E-state index >= 15 is 0 Å². The molecule has 0 radical (unpaired) electrons. The maximum atomic E-state index is 13.0. The zero-order chi connectivity index (χ0) is 18.1. The van der Waals surface area contributed by atoms with Crippen LogP contribution < -0.4 is 0 Å². The van der Waals surface area contributed by atoms with Gasteiger partial charge in [0.15, 0.2) is 0 Å². The highest BCUT2D eigenvalue weighted by molar-refractivity contribution is 4.91. The Labute approximate surface area is 130 Å². The van der Waals surface area contributed by atoms with Crippen LogP contribution in [0.4, 0.5) is 13.2 Å². The van der Waals surface area contributed by atoms with Gasteiger partial charge in [-0.25, -0.2) is 13.2 Å². The molecule has 0 saturated carbocycles. The van der Waals surface area contributed by atoms with Gasteiger partial charge in [-0.1, -0.05) is 69.2 Å². The molecule has 0 N–H and O–H groups in total. The lowest BCUT2D eigenvalue weighted by Gasteiger charge is -2.43. The minimum atomic E-state index is -2.62. The molecule has 0 aliphatic rings. The Morgan fingerprint density at radius 1 is 0.619 bits per heavy atom. The van der Waals surface area contributed by atoms with Crippen molar-refractivity contribution in [2.45, 2.75) is 95.2 Å². The summed E-state index contributed by atoms with van der Waals surface area (Å²) in [4.78, 5) is 0. The second-order valence-corrected chi connectivity index (χ2v) is 9.35. The van der Waals surface area contributed by atoms with Crippen molar-refractivity contribution in [3.63, 3.8) is 0 Å². The van der Waals surface area contributed by atoms with E-state index < -0.39 is 17.5 Å². The first-order valence-electron chi connectivity index (χ1n) is 7.71. The fourth-order valence-corrected chi connectivity index (χ4v) is 1.26. The number of hydrogen-bond acceptors (Lipinski definition) is 0. The van der Waals surface area contributed by atoms with Crippen molar-refractivity contribution < 1.29 is 13.2 Å². The molecule has 0 nitrogen and oxygen atoms in total. The first-order chi connectivity index (χ1) is 8.69. The normalized spacial score (nSPS) is 16.1. The number of alkyl halides is 3. The zero-order valence-electron chi connectivity index (χ0n) is 16.2. The van der Waals surface area contributed by atoms with E-state index in [-0.39, 0.29) is 16.2 Å². The van der Waals surface area contributed by atoms with E-state index in [2.05, 4.69) is 20.8 Å². The summed E-state index contributed by atoms with van der Waals surface area (Å²) < 4.78 is 39.0. The fourth-order valence-electron chi connectivity index (χ4n) is 1.26. The smallest absolute Gasteiger partial charge is 0.247 e. The van der Waals surface area contributed by atoms with Crippen LogP contribution in [0.2, 0.25) is 0 Å². The minimum Gasteiger partial charge on any atom is -0.247 e. The Kier molecular flexibility index (Phi) is 7.14. The van der Waals surface area contributed by atoms with Crippen molar-refractivity contribution in [1.82, 2.24) is 0 Å². The number of rotatable bonds is 2. The molecular weight excluding hydrogens is 273 g/mol. The molecule has 21 heavy (non-hydrogen) atoms. The van der Waals surface area contributed by atoms with Gasteiger partial charge in [-0.3, -0.25) is 0 Å². The molecular formula is C18H37F3. The highest BCUT2D eigenvalue weighted by Gasteiger charge is 2.49. The lowest BCUT2D eigenvalue weighted by Crippen LogP contribution is -2.43. The molecule has 0 heterocycles. The summed E-state index contributed by atoms with van der Waals surface area (Å²) in [6, 6.07) is 0. The Bertz CT molecular complexity index is 291. The second-order valence-electron chi connectivity index (χ2n) is 9.35. The van der Waals surface area contributed by atoms with E-state index in [4.69, 9.17) is 0 Å². The van der Waals surface area contributed by atoms with E-state index in [1.807, 2.05) is 34.6 Å². The first-order valence-corrected chi connectivity index (χ1v) is 7.71. The summed E-state index contributed by atoms with van der Waals surface area (Å²) >= 11 is 0. The molecule has 0 bridgehead atoms. The molecule has 0 amide bonds. The Balaban J connectivity index is 0. The monoisotopic (exact) mass is 310 g/mol. The van der Waals surface area contributed by atoms with Gasteiger partial charge in [0.1, 0.15) is 6.17 Å². The van der Waals surface area contributed by atoms with Gasteiger partial charge in [0.25, 0.3) is 5.92 Å². The third kappa shape index (κ3) is 5.83. The lowest BCUT2D eigenvalue weighted by molar-refractivity contribution is -0.139. The Morgan fingerprint density at radius 2 is 0.905 bits per heavy atom. The molecule has 0 aliphatic carbocycles. The highest BCUT2D eigenvalue weighted by atomic mass is 19.3. The molecule has 1 atom stereocenters. The number of halogens is 3. The van der Waals surface area contributed by atoms with Crippen LogP contribution >= 0.6 is 0 Å². The molecule has 1 unspecified atom stereocenters. The predicted molar refractivity (Wildman–Crippen MR) is 87.7 cm³/mol. The molecule has 0 fully saturated rings. The maximum absolute atomic E-state index is 13.0. The Hall–Kier alpha value is -0.210. The topological polar surface area (TPSA) is 0 Å². The van der Waals surface area contributed by atoms with Gasteiger partial charge < -0.3 is 0 Å². The van der Waals surface area contributed by atoms with Gasteiger partial charge in [-0.05, 0) is 24.7 Å². The van der Waals surface area contributed by atoms with Crippen LogP contribution in [0.3, 0.4) is 0 Å². The summed E-state index contributed by atoms with van der Waals surface area (Å²) in [5, 5.41) is 0. The maximum Gasteiger partial charge on any atom is 0.250 e. The van der Waals surface area contributed by atoms with Crippen molar-refractivity contribution in [2.75, 3.05) is 0 Å². The molecule has 0 aromatic carbocycles. The van der Waals surface area contributed by atoms with Gasteiger partial charge in [-0.15, -0.1) is 0 Å². The van der Waals surface area contributed by atoms with Crippen LogP contribution in [0.5, 0.6) is 0 Å². The van der Waals surface area contributed by atoms with Crippen LogP contribution in [0.15, 0.2) is 0 Å². The molecule has 0 saturated heterocycles. The highest BCUT2D eigenvalue weighted by Crippen LogP contribution is 2.48. The molecule has 0 aromatic rings. The van der Waals surface area contributed by atoms with Crippen LogP contribution in [0, 0.1) is 21.7 Å². The van der Waals surface area contributed by atoms with Gasteiger partial charge >= 0.3 is 0 Å².